The van der Waals surface area contributed by atoms with Crippen LogP contribution in [0.25, 0.3) is 5.65 Å². The second-order valence-electron chi connectivity index (χ2n) is 10.1. The molecule has 0 spiro atoms. The fraction of sp³-hybridized carbons (Fsp3) is 0.290. The molecule has 1 aliphatic heterocycles. The SMILES string of the molecule is Cc1ccc(NC(=O)c2ccc3c(c2)CCC3N2CCN(C)CC2)cc1C#Cc1cnc2ccccn12. The highest BCUT2D eigenvalue weighted by Gasteiger charge is 2.30. The minimum atomic E-state index is -0.0876. The molecule has 1 saturated heterocycles. The minimum Gasteiger partial charge on any atom is -0.322 e. The summed E-state index contributed by atoms with van der Waals surface area (Å²) in [6.45, 7) is 6.49. The molecule has 1 N–H and O–H groups in total. The fourth-order valence-electron chi connectivity index (χ4n) is 5.44. The number of anilines is 1. The molecule has 2 aliphatic rings. The van der Waals surface area contributed by atoms with Crippen molar-refractivity contribution in [3.8, 4) is 11.8 Å². The first-order chi connectivity index (χ1) is 18.0. The lowest BCUT2D eigenvalue weighted by Crippen LogP contribution is -2.45. The van der Waals surface area contributed by atoms with E-state index in [1.54, 1.807) is 6.20 Å². The Morgan fingerprint density at radius 1 is 1.03 bits per heavy atom. The van der Waals surface area contributed by atoms with Gasteiger partial charge < -0.3 is 10.2 Å². The molecule has 6 rings (SSSR count). The third-order valence-electron chi connectivity index (χ3n) is 7.67. The molecule has 0 saturated carbocycles. The Labute approximate surface area is 217 Å². The van der Waals surface area contributed by atoms with Crippen molar-refractivity contribution in [2.45, 2.75) is 25.8 Å². The van der Waals surface area contributed by atoms with E-state index in [-0.39, 0.29) is 5.91 Å². The van der Waals surface area contributed by atoms with Crippen LogP contribution in [-0.4, -0.2) is 58.3 Å². The molecule has 6 nitrogen and oxygen atoms in total. The molecule has 1 fully saturated rings. The van der Waals surface area contributed by atoms with Gasteiger partial charge in [-0.2, -0.15) is 0 Å². The number of carbonyl (C=O) groups is 1. The van der Waals surface area contributed by atoms with Crippen molar-refractivity contribution in [3.05, 3.63) is 101 Å². The number of imidazole rings is 1. The summed E-state index contributed by atoms with van der Waals surface area (Å²) in [5.41, 5.74) is 7.79. The van der Waals surface area contributed by atoms with Gasteiger partial charge in [0, 0.05) is 55.2 Å². The van der Waals surface area contributed by atoms with Crippen LogP contribution in [0.5, 0.6) is 0 Å². The van der Waals surface area contributed by atoms with Gasteiger partial charge in [-0.05, 0) is 85.8 Å². The molecule has 37 heavy (non-hydrogen) atoms. The van der Waals surface area contributed by atoms with E-state index >= 15 is 0 Å². The number of piperazine rings is 1. The minimum absolute atomic E-state index is 0.0876. The molecule has 2 aromatic carbocycles. The van der Waals surface area contributed by atoms with Crippen LogP contribution in [0.3, 0.4) is 0 Å². The van der Waals surface area contributed by atoms with Gasteiger partial charge in [-0.15, -0.1) is 0 Å². The van der Waals surface area contributed by atoms with Crippen molar-refractivity contribution in [1.82, 2.24) is 19.2 Å². The van der Waals surface area contributed by atoms with Crippen LogP contribution in [0.2, 0.25) is 0 Å². The summed E-state index contributed by atoms with van der Waals surface area (Å²) in [4.78, 5) is 22.5. The van der Waals surface area contributed by atoms with Gasteiger partial charge in [0.25, 0.3) is 5.91 Å². The van der Waals surface area contributed by atoms with Gasteiger partial charge in [0.15, 0.2) is 0 Å². The third kappa shape index (κ3) is 4.76. The quantitative estimate of drug-likeness (QED) is 0.430. The maximum absolute atomic E-state index is 13.1. The number of fused-ring (bicyclic) bond motifs is 2. The van der Waals surface area contributed by atoms with Crippen molar-refractivity contribution in [2.24, 2.45) is 0 Å². The number of rotatable bonds is 3. The van der Waals surface area contributed by atoms with Crippen LogP contribution in [0, 0.1) is 18.8 Å². The van der Waals surface area contributed by atoms with Crippen LogP contribution in [0.1, 0.15) is 50.8 Å². The first-order valence-corrected chi connectivity index (χ1v) is 13.0. The molecule has 1 unspecified atom stereocenters. The average Bonchev–Trinajstić information content (AvgIpc) is 3.53. The molecule has 1 amide bonds. The van der Waals surface area contributed by atoms with Gasteiger partial charge in [-0.1, -0.05) is 24.1 Å². The number of aryl methyl sites for hydroxylation is 2. The van der Waals surface area contributed by atoms with Gasteiger partial charge in [-0.25, -0.2) is 4.98 Å². The van der Waals surface area contributed by atoms with Gasteiger partial charge in [-0.3, -0.25) is 14.1 Å². The molecule has 1 aliphatic carbocycles. The van der Waals surface area contributed by atoms with E-state index in [4.69, 9.17) is 0 Å². The largest absolute Gasteiger partial charge is 0.322 e. The summed E-state index contributed by atoms with van der Waals surface area (Å²) in [6, 6.07) is 18.5. The molecular weight excluding hydrogens is 458 g/mol. The van der Waals surface area contributed by atoms with Crippen LogP contribution >= 0.6 is 0 Å². The lowest BCUT2D eigenvalue weighted by molar-refractivity contribution is 0.102. The van der Waals surface area contributed by atoms with Crippen molar-refractivity contribution >= 4 is 17.2 Å². The number of pyridine rings is 1. The lowest BCUT2D eigenvalue weighted by Gasteiger charge is -2.36. The second-order valence-corrected chi connectivity index (χ2v) is 10.1. The Morgan fingerprint density at radius 2 is 1.89 bits per heavy atom. The molecule has 1 atom stereocenters. The van der Waals surface area contributed by atoms with E-state index in [1.165, 1.54) is 11.1 Å². The molecule has 0 radical (unpaired) electrons. The van der Waals surface area contributed by atoms with E-state index in [9.17, 15) is 4.79 Å². The van der Waals surface area contributed by atoms with Crippen LogP contribution in [-0.2, 0) is 6.42 Å². The fourth-order valence-corrected chi connectivity index (χ4v) is 5.44. The number of hydrogen-bond acceptors (Lipinski definition) is 4. The third-order valence-corrected chi connectivity index (χ3v) is 7.67. The molecule has 186 valence electrons. The number of nitrogens with zero attached hydrogens (tertiary/aromatic N) is 4. The number of hydrogen-bond donors (Lipinski definition) is 1. The van der Waals surface area contributed by atoms with Gasteiger partial charge in [0.05, 0.1) is 6.20 Å². The zero-order chi connectivity index (χ0) is 25.4. The number of amides is 1. The van der Waals surface area contributed by atoms with E-state index in [2.05, 4.69) is 51.1 Å². The Balaban J connectivity index is 1.18. The van der Waals surface area contributed by atoms with Crippen LogP contribution in [0.4, 0.5) is 5.69 Å². The molecule has 3 heterocycles. The van der Waals surface area contributed by atoms with Crippen molar-refractivity contribution in [2.75, 3.05) is 38.5 Å². The highest BCUT2D eigenvalue weighted by Crippen LogP contribution is 2.36. The predicted molar refractivity (Wildman–Crippen MR) is 147 cm³/mol. The first-order valence-electron chi connectivity index (χ1n) is 13.0. The Kier molecular flexibility index (Phi) is 6.25. The predicted octanol–water partition coefficient (Wildman–Crippen LogP) is 4.53. The molecule has 6 heteroatoms. The summed E-state index contributed by atoms with van der Waals surface area (Å²) >= 11 is 0. The Bertz CT molecular complexity index is 1530. The average molecular weight is 490 g/mol. The van der Waals surface area contributed by atoms with Gasteiger partial charge >= 0.3 is 0 Å². The van der Waals surface area contributed by atoms with E-state index in [0.29, 0.717) is 11.6 Å². The molecular formula is C31H31N5O. The highest BCUT2D eigenvalue weighted by atomic mass is 16.1. The maximum atomic E-state index is 13.1. The number of carbonyl (C=O) groups excluding carboxylic acids is 1. The van der Waals surface area contributed by atoms with Crippen molar-refractivity contribution in [3.63, 3.8) is 0 Å². The molecule has 0 bridgehead atoms. The summed E-state index contributed by atoms with van der Waals surface area (Å²) in [5.74, 6) is 6.41. The van der Waals surface area contributed by atoms with Crippen molar-refractivity contribution < 1.29 is 4.79 Å². The van der Waals surface area contributed by atoms with E-state index in [1.807, 2.05) is 60.0 Å². The number of benzene rings is 2. The number of aromatic nitrogens is 2. The normalized spacial score (nSPS) is 17.8. The Hall–Kier alpha value is -3.92. The molecule has 4 aromatic rings. The summed E-state index contributed by atoms with van der Waals surface area (Å²) in [5, 5.41) is 3.08. The van der Waals surface area contributed by atoms with Gasteiger partial charge in [0.1, 0.15) is 11.3 Å². The van der Waals surface area contributed by atoms with Crippen LogP contribution in [0.15, 0.2) is 67.0 Å². The zero-order valence-corrected chi connectivity index (χ0v) is 21.4. The number of nitrogens with one attached hydrogen (secondary N) is 1. The van der Waals surface area contributed by atoms with E-state index < -0.39 is 0 Å². The smallest absolute Gasteiger partial charge is 0.255 e. The van der Waals surface area contributed by atoms with Crippen molar-refractivity contribution in [1.29, 1.82) is 0 Å². The lowest BCUT2D eigenvalue weighted by atomic mass is 10.0. The van der Waals surface area contributed by atoms with E-state index in [0.717, 1.165) is 67.2 Å². The summed E-state index contributed by atoms with van der Waals surface area (Å²) in [6.07, 6.45) is 5.91. The second kappa shape index (κ2) is 9.85. The van der Waals surface area contributed by atoms with Crippen LogP contribution < -0.4 is 5.32 Å². The monoisotopic (exact) mass is 489 g/mol. The summed E-state index contributed by atoms with van der Waals surface area (Å²) < 4.78 is 1.97. The highest BCUT2D eigenvalue weighted by molar-refractivity contribution is 6.04. The first kappa shape index (κ1) is 23.5. The Morgan fingerprint density at radius 3 is 2.76 bits per heavy atom. The van der Waals surface area contributed by atoms with Gasteiger partial charge in [0.2, 0.25) is 0 Å². The standard InChI is InChI=1S/C31H31N5O/c1-22-6-10-26(20-23(22)7-11-27-21-32-30-5-3-4-14-36(27)30)33-31(37)25-8-12-28-24(19-25)9-13-29(28)35-17-15-34(2)16-18-35/h3-6,8,10,12,14,19-21,29H,9,13,15-18H2,1-2H3,(H,33,37). The maximum Gasteiger partial charge on any atom is 0.255 e. The molecule has 2 aromatic heterocycles. The topological polar surface area (TPSA) is 52.9 Å². The number of likely N-dealkylation sites (N-methyl/N-ethyl adjacent to an activating group) is 1. The zero-order valence-electron chi connectivity index (χ0n) is 21.4. The summed E-state index contributed by atoms with van der Waals surface area (Å²) in [7, 11) is 2.19.